The van der Waals surface area contributed by atoms with Crippen LogP contribution in [0.5, 0.6) is 0 Å². The van der Waals surface area contributed by atoms with Gasteiger partial charge in [0.1, 0.15) is 0 Å². The van der Waals surface area contributed by atoms with E-state index < -0.39 is 0 Å². The van der Waals surface area contributed by atoms with Crippen LogP contribution in [0.15, 0.2) is 54.6 Å². The lowest BCUT2D eigenvalue weighted by Gasteiger charge is -2.20. The third kappa shape index (κ3) is 4.47. The van der Waals surface area contributed by atoms with E-state index in [1.165, 1.54) is 5.56 Å². The molecular formula is C21H25NO3. The molecule has 1 fully saturated rings. The lowest BCUT2D eigenvalue weighted by molar-refractivity contribution is 0.0523. The zero-order valence-electron chi connectivity index (χ0n) is 14.7. The molecule has 4 nitrogen and oxygen atoms in total. The molecule has 2 aromatic rings. The fourth-order valence-electron chi connectivity index (χ4n) is 3.08. The molecule has 132 valence electrons. The number of carbonyl (C=O) groups is 1. The summed E-state index contributed by atoms with van der Waals surface area (Å²) in [7, 11) is 0. The van der Waals surface area contributed by atoms with E-state index in [-0.39, 0.29) is 11.5 Å². The Bertz CT molecular complexity index is 695. The molecule has 0 heterocycles. The fraction of sp³-hybridized carbons (Fsp3) is 0.381. The third-order valence-corrected chi connectivity index (χ3v) is 4.51. The Morgan fingerprint density at radius 1 is 1.08 bits per heavy atom. The van der Waals surface area contributed by atoms with Gasteiger partial charge in [0, 0.05) is 12.1 Å². The molecule has 0 amide bonds. The van der Waals surface area contributed by atoms with Gasteiger partial charge in [0.2, 0.25) is 0 Å². The number of nitrogens with one attached hydrogen (secondary N) is 1. The van der Waals surface area contributed by atoms with Gasteiger partial charge in [0.25, 0.3) is 0 Å². The first-order chi connectivity index (χ1) is 12.2. The summed E-state index contributed by atoms with van der Waals surface area (Å²) in [6.07, 6.45) is 2.06. The van der Waals surface area contributed by atoms with Crippen LogP contribution in [-0.4, -0.2) is 25.7 Å². The normalized spacial score (nSPS) is 14.9. The molecule has 1 saturated carbocycles. The molecule has 0 radical (unpaired) electrons. The van der Waals surface area contributed by atoms with Crippen molar-refractivity contribution in [3.8, 4) is 0 Å². The fourth-order valence-corrected chi connectivity index (χ4v) is 3.08. The number of carbonyl (C=O) groups excluding carboxylic acids is 1. The van der Waals surface area contributed by atoms with E-state index >= 15 is 0 Å². The quantitative estimate of drug-likeness (QED) is 0.559. The molecule has 0 unspecified atom stereocenters. The molecule has 1 aliphatic rings. The van der Waals surface area contributed by atoms with Crippen LogP contribution in [0.1, 0.15) is 41.3 Å². The largest absolute Gasteiger partial charge is 0.462 e. The van der Waals surface area contributed by atoms with E-state index in [2.05, 4.69) is 17.4 Å². The van der Waals surface area contributed by atoms with Crippen molar-refractivity contribution in [1.29, 1.82) is 0 Å². The lowest BCUT2D eigenvalue weighted by Crippen LogP contribution is -2.33. The minimum absolute atomic E-state index is 0.112. The van der Waals surface area contributed by atoms with Crippen molar-refractivity contribution in [1.82, 2.24) is 5.32 Å². The van der Waals surface area contributed by atoms with Crippen molar-refractivity contribution >= 4 is 5.97 Å². The standard InChI is InChI=1S/C21H25NO3/c1-2-25-20(23)18-10-6-7-11-19(18)21(12-13-21)22-14-15-24-16-17-8-4-3-5-9-17/h3-11,22H,2,12-16H2,1H3. The van der Waals surface area contributed by atoms with Crippen molar-refractivity contribution in [2.24, 2.45) is 0 Å². The van der Waals surface area contributed by atoms with E-state index in [0.717, 1.165) is 24.9 Å². The van der Waals surface area contributed by atoms with Crippen LogP contribution in [-0.2, 0) is 21.6 Å². The highest BCUT2D eigenvalue weighted by atomic mass is 16.5. The number of hydrogen-bond acceptors (Lipinski definition) is 4. The molecule has 2 aromatic carbocycles. The molecule has 1 aliphatic carbocycles. The predicted octanol–water partition coefficient (Wildman–Crippen LogP) is 3.66. The van der Waals surface area contributed by atoms with Crippen molar-refractivity contribution in [3.63, 3.8) is 0 Å². The van der Waals surface area contributed by atoms with Crippen LogP contribution in [0.4, 0.5) is 0 Å². The Balaban J connectivity index is 1.54. The van der Waals surface area contributed by atoms with E-state index in [0.29, 0.717) is 25.4 Å². The number of rotatable bonds is 9. The van der Waals surface area contributed by atoms with E-state index in [9.17, 15) is 4.79 Å². The molecule has 1 N–H and O–H groups in total. The summed E-state index contributed by atoms with van der Waals surface area (Å²) in [6.45, 7) is 4.23. The average Bonchev–Trinajstić information content (AvgIpc) is 3.43. The van der Waals surface area contributed by atoms with Crippen LogP contribution >= 0.6 is 0 Å². The Labute approximate surface area is 149 Å². The minimum Gasteiger partial charge on any atom is -0.462 e. The predicted molar refractivity (Wildman–Crippen MR) is 97.4 cm³/mol. The van der Waals surface area contributed by atoms with Crippen molar-refractivity contribution < 1.29 is 14.3 Å². The van der Waals surface area contributed by atoms with Crippen LogP contribution in [0, 0.1) is 0 Å². The molecule has 0 aliphatic heterocycles. The van der Waals surface area contributed by atoms with Crippen molar-refractivity contribution in [2.45, 2.75) is 31.9 Å². The Morgan fingerprint density at radius 3 is 2.52 bits per heavy atom. The smallest absolute Gasteiger partial charge is 0.338 e. The number of ether oxygens (including phenoxy) is 2. The van der Waals surface area contributed by atoms with Gasteiger partial charge in [-0.1, -0.05) is 48.5 Å². The molecule has 0 atom stereocenters. The summed E-state index contributed by atoms with van der Waals surface area (Å²) in [5.74, 6) is -0.244. The van der Waals surface area contributed by atoms with Crippen molar-refractivity contribution in [2.75, 3.05) is 19.8 Å². The first-order valence-electron chi connectivity index (χ1n) is 8.88. The first-order valence-corrected chi connectivity index (χ1v) is 8.88. The van der Waals surface area contributed by atoms with Gasteiger partial charge in [-0.3, -0.25) is 0 Å². The monoisotopic (exact) mass is 339 g/mol. The number of benzene rings is 2. The molecule has 0 saturated heterocycles. The third-order valence-electron chi connectivity index (χ3n) is 4.51. The van der Waals surface area contributed by atoms with Gasteiger partial charge in [0.15, 0.2) is 0 Å². The zero-order valence-corrected chi connectivity index (χ0v) is 14.7. The van der Waals surface area contributed by atoms with Crippen LogP contribution in [0.3, 0.4) is 0 Å². The van der Waals surface area contributed by atoms with Gasteiger partial charge < -0.3 is 14.8 Å². The van der Waals surface area contributed by atoms with Gasteiger partial charge >= 0.3 is 5.97 Å². The molecule has 0 bridgehead atoms. The lowest BCUT2D eigenvalue weighted by atomic mass is 9.98. The summed E-state index contributed by atoms with van der Waals surface area (Å²) in [5, 5.41) is 3.58. The maximum atomic E-state index is 12.2. The van der Waals surface area contributed by atoms with E-state index in [4.69, 9.17) is 9.47 Å². The summed E-state index contributed by atoms with van der Waals surface area (Å²) in [4.78, 5) is 12.2. The Kier molecular flexibility index (Phi) is 5.84. The molecule has 0 aromatic heterocycles. The van der Waals surface area contributed by atoms with Crippen LogP contribution in [0.25, 0.3) is 0 Å². The average molecular weight is 339 g/mol. The Hall–Kier alpha value is -2.17. The van der Waals surface area contributed by atoms with Crippen molar-refractivity contribution in [3.05, 3.63) is 71.3 Å². The second-order valence-electron chi connectivity index (χ2n) is 6.31. The molecule has 3 rings (SSSR count). The van der Waals surface area contributed by atoms with E-state index in [1.807, 2.05) is 49.4 Å². The van der Waals surface area contributed by atoms with Gasteiger partial charge in [-0.25, -0.2) is 4.79 Å². The maximum absolute atomic E-state index is 12.2. The molecular weight excluding hydrogens is 314 g/mol. The highest BCUT2D eigenvalue weighted by Gasteiger charge is 2.45. The SMILES string of the molecule is CCOC(=O)c1ccccc1C1(NCCOCc2ccccc2)CC1. The second-order valence-corrected chi connectivity index (χ2v) is 6.31. The first kappa shape index (κ1) is 17.6. The van der Waals surface area contributed by atoms with E-state index in [1.54, 1.807) is 0 Å². The highest BCUT2D eigenvalue weighted by molar-refractivity contribution is 5.91. The van der Waals surface area contributed by atoms with Crippen LogP contribution < -0.4 is 5.32 Å². The van der Waals surface area contributed by atoms with Gasteiger partial charge in [-0.15, -0.1) is 0 Å². The maximum Gasteiger partial charge on any atom is 0.338 e. The number of esters is 1. The Morgan fingerprint density at radius 2 is 1.80 bits per heavy atom. The topological polar surface area (TPSA) is 47.6 Å². The summed E-state index contributed by atoms with van der Waals surface area (Å²) < 4.78 is 10.9. The van der Waals surface area contributed by atoms with Crippen LogP contribution in [0.2, 0.25) is 0 Å². The summed E-state index contributed by atoms with van der Waals surface area (Å²) >= 11 is 0. The molecule has 4 heteroatoms. The second kappa shape index (κ2) is 8.28. The summed E-state index contributed by atoms with van der Waals surface area (Å²) in [5.41, 5.74) is 2.77. The number of hydrogen-bond donors (Lipinski definition) is 1. The summed E-state index contributed by atoms with van der Waals surface area (Å²) in [6, 6.07) is 17.9. The minimum atomic E-state index is -0.244. The highest BCUT2D eigenvalue weighted by Crippen LogP contribution is 2.46. The molecule has 0 spiro atoms. The van der Waals surface area contributed by atoms with Gasteiger partial charge in [0.05, 0.1) is 25.4 Å². The van der Waals surface area contributed by atoms with Gasteiger partial charge in [-0.05, 0) is 37.0 Å². The zero-order chi connectivity index (χ0) is 17.5. The van der Waals surface area contributed by atoms with Gasteiger partial charge in [-0.2, -0.15) is 0 Å². The molecule has 25 heavy (non-hydrogen) atoms.